The summed E-state index contributed by atoms with van der Waals surface area (Å²) in [6.07, 6.45) is 7.98. The van der Waals surface area contributed by atoms with Gasteiger partial charge in [-0.1, -0.05) is 6.08 Å². The van der Waals surface area contributed by atoms with Crippen LogP contribution >= 0.6 is 0 Å². The van der Waals surface area contributed by atoms with Gasteiger partial charge in [0.1, 0.15) is 5.92 Å². The van der Waals surface area contributed by atoms with Gasteiger partial charge in [-0.2, -0.15) is 0 Å². The van der Waals surface area contributed by atoms with Crippen molar-refractivity contribution in [1.82, 2.24) is 4.90 Å². The van der Waals surface area contributed by atoms with E-state index in [0.717, 1.165) is 5.70 Å². The molecule has 5 heteroatoms. The van der Waals surface area contributed by atoms with Crippen molar-refractivity contribution >= 4 is 18.0 Å². The lowest BCUT2D eigenvalue weighted by Crippen LogP contribution is -2.44. The van der Waals surface area contributed by atoms with E-state index in [9.17, 15) is 9.59 Å². The Labute approximate surface area is 112 Å². The van der Waals surface area contributed by atoms with Gasteiger partial charge in [0.05, 0.1) is 13.2 Å². The molecule has 1 atom stereocenters. The molecule has 0 aromatic rings. The summed E-state index contributed by atoms with van der Waals surface area (Å²) in [5, 5.41) is 0. The number of hydrogen-bond acceptors (Lipinski definition) is 5. The molecular formula is C14H18N2O3. The molecule has 0 amide bonds. The van der Waals surface area contributed by atoms with Crippen LogP contribution in [0.2, 0.25) is 0 Å². The second kappa shape index (κ2) is 6.31. The molecule has 0 N–H and O–H groups in total. The second-order valence-electron chi connectivity index (χ2n) is 4.48. The molecule has 0 aromatic carbocycles. The van der Waals surface area contributed by atoms with Crippen molar-refractivity contribution < 1.29 is 14.3 Å². The van der Waals surface area contributed by atoms with Crippen LogP contribution in [0.4, 0.5) is 0 Å². The number of carbonyl (C=O) groups is 2. The average Bonchev–Trinajstić information content (AvgIpc) is 2.68. The fourth-order valence-electron chi connectivity index (χ4n) is 2.21. The minimum atomic E-state index is -0.664. The topological polar surface area (TPSA) is 59.0 Å². The van der Waals surface area contributed by atoms with Gasteiger partial charge in [-0.05, 0) is 19.1 Å². The third-order valence-electron chi connectivity index (χ3n) is 3.21. The number of rotatable bonds is 3. The van der Waals surface area contributed by atoms with Gasteiger partial charge in [-0.25, -0.2) is 0 Å². The first kappa shape index (κ1) is 13.5. The van der Waals surface area contributed by atoms with Crippen molar-refractivity contribution in [3.8, 4) is 0 Å². The molecule has 1 fully saturated rings. The SMILES string of the molecule is CCOC(=O)C1CN(C2=CC=NCC=C2)CCC1=O. The third kappa shape index (κ3) is 3.30. The Bertz CT molecular complexity index is 452. The van der Waals surface area contributed by atoms with Gasteiger partial charge in [0.25, 0.3) is 0 Å². The van der Waals surface area contributed by atoms with Crippen molar-refractivity contribution in [2.45, 2.75) is 13.3 Å². The van der Waals surface area contributed by atoms with Gasteiger partial charge in [-0.15, -0.1) is 0 Å². The van der Waals surface area contributed by atoms with Crippen molar-refractivity contribution in [2.24, 2.45) is 10.9 Å². The van der Waals surface area contributed by atoms with E-state index in [4.69, 9.17) is 4.74 Å². The smallest absolute Gasteiger partial charge is 0.318 e. The van der Waals surface area contributed by atoms with Crippen LogP contribution in [-0.4, -0.2) is 49.1 Å². The van der Waals surface area contributed by atoms with Crippen LogP contribution in [-0.2, 0) is 14.3 Å². The predicted octanol–water partition coefficient (Wildman–Crippen LogP) is 0.965. The minimum Gasteiger partial charge on any atom is -0.465 e. The molecule has 2 rings (SSSR count). The van der Waals surface area contributed by atoms with Crippen molar-refractivity contribution in [1.29, 1.82) is 0 Å². The zero-order valence-corrected chi connectivity index (χ0v) is 11.0. The highest BCUT2D eigenvalue weighted by Gasteiger charge is 2.34. The highest BCUT2D eigenvalue weighted by atomic mass is 16.5. The number of nitrogens with zero attached hydrogens (tertiary/aromatic N) is 2. The molecule has 0 bridgehead atoms. The van der Waals surface area contributed by atoms with E-state index in [0.29, 0.717) is 32.7 Å². The zero-order chi connectivity index (χ0) is 13.7. The van der Waals surface area contributed by atoms with Gasteiger partial charge < -0.3 is 9.64 Å². The Balaban J connectivity index is 2.08. The Kier molecular flexibility index (Phi) is 4.49. The molecule has 0 spiro atoms. The fourth-order valence-corrected chi connectivity index (χ4v) is 2.21. The van der Waals surface area contributed by atoms with Crippen molar-refractivity contribution in [3.05, 3.63) is 23.9 Å². The lowest BCUT2D eigenvalue weighted by Gasteiger charge is -2.32. The standard InChI is InChI=1S/C14H18N2O3/c1-2-19-14(18)12-10-16(9-6-13(12)17)11-4-3-7-15-8-5-11/h3-5,8,12H,2,6-7,9-10H2,1H3. The van der Waals surface area contributed by atoms with Crippen LogP contribution in [0, 0.1) is 5.92 Å². The van der Waals surface area contributed by atoms with Gasteiger partial charge >= 0.3 is 5.97 Å². The molecule has 19 heavy (non-hydrogen) atoms. The Morgan fingerprint density at radius 2 is 2.42 bits per heavy atom. The number of ether oxygens (including phenoxy) is 1. The van der Waals surface area contributed by atoms with Crippen LogP contribution < -0.4 is 0 Å². The van der Waals surface area contributed by atoms with E-state index in [1.165, 1.54) is 0 Å². The summed E-state index contributed by atoms with van der Waals surface area (Å²) >= 11 is 0. The predicted molar refractivity (Wildman–Crippen MR) is 71.9 cm³/mol. The summed E-state index contributed by atoms with van der Waals surface area (Å²) in [6, 6.07) is 0. The highest BCUT2D eigenvalue weighted by molar-refractivity contribution is 6.00. The first-order chi connectivity index (χ1) is 9.22. The Hall–Kier alpha value is -1.91. The van der Waals surface area contributed by atoms with Gasteiger partial charge in [0, 0.05) is 31.4 Å². The molecule has 2 aliphatic rings. The number of ketones is 1. The highest BCUT2D eigenvalue weighted by Crippen LogP contribution is 2.19. The average molecular weight is 262 g/mol. The molecule has 0 aromatic heterocycles. The molecule has 102 valence electrons. The van der Waals surface area contributed by atoms with E-state index in [1.807, 2.05) is 23.1 Å². The number of allylic oxidation sites excluding steroid dienone is 2. The monoisotopic (exact) mass is 262 g/mol. The number of likely N-dealkylation sites (tertiary alicyclic amines) is 1. The lowest BCUT2D eigenvalue weighted by atomic mass is 9.96. The molecule has 1 unspecified atom stereocenters. The Morgan fingerprint density at radius 3 is 3.21 bits per heavy atom. The molecule has 1 saturated heterocycles. The summed E-state index contributed by atoms with van der Waals surface area (Å²) < 4.78 is 4.96. The largest absolute Gasteiger partial charge is 0.465 e. The number of hydrogen-bond donors (Lipinski definition) is 0. The number of carbonyl (C=O) groups excluding carboxylic acids is 2. The molecule has 0 radical (unpaired) electrons. The van der Waals surface area contributed by atoms with Crippen LogP contribution in [0.5, 0.6) is 0 Å². The van der Waals surface area contributed by atoms with Crippen molar-refractivity contribution in [2.75, 3.05) is 26.2 Å². The van der Waals surface area contributed by atoms with E-state index in [1.54, 1.807) is 13.1 Å². The van der Waals surface area contributed by atoms with E-state index in [2.05, 4.69) is 4.99 Å². The van der Waals surface area contributed by atoms with E-state index >= 15 is 0 Å². The van der Waals surface area contributed by atoms with Gasteiger partial charge in [0.2, 0.25) is 0 Å². The molecule has 0 aliphatic carbocycles. The summed E-state index contributed by atoms with van der Waals surface area (Å²) in [6.45, 7) is 3.74. The first-order valence-electron chi connectivity index (χ1n) is 6.53. The maximum absolute atomic E-state index is 11.8. The van der Waals surface area contributed by atoms with E-state index < -0.39 is 11.9 Å². The van der Waals surface area contributed by atoms with Gasteiger partial charge in [0.15, 0.2) is 5.78 Å². The quantitative estimate of drug-likeness (QED) is 0.561. The molecule has 2 heterocycles. The number of aliphatic imine (C=N–C) groups is 1. The first-order valence-corrected chi connectivity index (χ1v) is 6.53. The third-order valence-corrected chi connectivity index (χ3v) is 3.21. The second-order valence-corrected chi connectivity index (χ2v) is 4.48. The minimum absolute atomic E-state index is 0.0263. The van der Waals surface area contributed by atoms with Crippen molar-refractivity contribution in [3.63, 3.8) is 0 Å². The van der Waals surface area contributed by atoms with Crippen LogP contribution in [0.3, 0.4) is 0 Å². The van der Waals surface area contributed by atoms with E-state index in [-0.39, 0.29) is 5.78 Å². The molecule has 0 saturated carbocycles. The van der Waals surface area contributed by atoms with Gasteiger partial charge in [-0.3, -0.25) is 14.6 Å². The summed E-state index contributed by atoms with van der Waals surface area (Å²) in [5.41, 5.74) is 0.989. The Morgan fingerprint density at radius 1 is 1.58 bits per heavy atom. The number of esters is 1. The fraction of sp³-hybridized carbons (Fsp3) is 0.500. The normalized spacial score (nSPS) is 23.0. The molecular weight excluding hydrogens is 244 g/mol. The summed E-state index contributed by atoms with van der Waals surface area (Å²) in [7, 11) is 0. The molecule has 5 nitrogen and oxygen atoms in total. The van der Waals surface area contributed by atoms with Crippen LogP contribution in [0.1, 0.15) is 13.3 Å². The zero-order valence-electron chi connectivity index (χ0n) is 11.0. The summed E-state index contributed by atoms with van der Waals surface area (Å²) in [5.74, 6) is -1.10. The number of Topliss-reactive ketones (excluding diaryl/α,β-unsaturated/α-hetero) is 1. The lowest BCUT2D eigenvalue weighted by molar-refractivity contribution is -0.153. The number of piperidine rings is 1. The van der Waals surface area contributed by atoms with Crippen LogP contribution in [0.15, 0.2) is 28.9 Å². The summed E-state index contributed by atoms with van der Waals surface area (Å²) in [4.78, 5) is 29.8. The van der Waals surface area contributed by atoms with Crippen LogP contribution in [0.25, 0.3) is 0 Å². The maximum Gasteiger partial charge on any atom is 0.318 e. The molecule has 2 aliphatic heterocycles. The maximum atomic E-state index is 11.8.